The van der Waals surface area contributed by atoms with Crippen molar-refractivity contribution in [3.8, 4) is 0 Å². The first kappa shape index (κ1) is 19.2. The quantitative estimate of drug-likeness (QED) is 0.803. The van der Waals surface area contributed by atoms with Gasteiger partial charge in [0.05, 0.1) is 5.41 Å². The normalized spacial score (nSPS) is 31.9. The second kappa shape index (κ2) is 6.35. The van der Waals surface area contributed by atoms with Crippen molar-refractivity contribution < 1.29 is 4.79 Å². The molecule has 128 valence electrons. The molecule has 1 aliphatic carbocycles. The molecule has 3 atom stereocenters. The molecule has 3 heteroatoms. The van der Waals surface area contributed by atoms with E-state index in [1.807, 2.05) is 20.8 Å². The first-order chi connectivity index (χ1) is 9.82. The fourth-order valence-electron chi connectivity index (χ4n) is 3.78. The van der Waals surface area contributed by atoms with Crippen LogP contribution < -0.4 is 5.32 Å². The van der Waals surface area contributed by atoms with Crippen molar-refractivity contribution in [3.63, 3.8) is 0 Å². The zero-order valence-corrected chi connectivity index (χ0v) is 15.9. The van der Waals surface area contributed by atoms with E-state index < -0.39 is 0 Å². The van der Waals surface area contributed by atoms with E-state index in [4.69, 9.17) is 0 Å². The average Bonchev–Trinajstić information content (AvgIpc) is 2.30. The summed E-state index contributed by atoms with van der Waals surface area (Å²) in [6, 6.07) is 0. The van der Waals surface area contributed by atoms with Gasteiger partial charge in [0, 0.05) is 12.1 Å². The summed E-state index contributed by atoms with van der Waals surface area (Å²) in [5.74, 6) is 0.923. The van der Waals surface area contributed by atoms with Crippen molar-refractivity contribution in [3.05, 3.63) is 12.7 Å². The summed E-state index contributed by atoms with van der Waals surface area (Å²) >= 11 is 0. The van der Waals surface area contributed by atoms with Crippen LogP contribution in [0.2, 0.25) is 0 Å². The minimum absolute atomic E-state index is 0.189. The molecule has 0 aromatic heterocycles. The molecule has 0 aromatic rings. The number of nitrogens with zero attached hydrogens (tertiary/aromatic N) is 1. The lowest BCUT2D eigenvalue weighted by Crippen LogP contribution is -2.56. The van der Waals surface area contributed by atoms with Gasteiger partial charge in [-0.1, -0.05) is 26.8 Å². The zero-order valence-electron chi connectivity index (χ0n) is 15.9. The standard InChI is InChI=1S/C19H36N2O/c1-10-14-12-19(7,16(22)20-17(2,3)4)15(13-21(8)9)11-18(14,5)6/h10,14-15H,1,11-13H2,2-9H3,(H,20,22). The summed E-state index contributed by atoms with van der Waals surface area (Å²) in [7, 11) is 4.18. The lowest BCUT2D eigenvalue weighted by atomic mass is 9.54. The number of carbonyl (C=O) groups is 1. The molecule has 1 N–H and O–H groups in total. The van der Waals surface area contributed by atoms with Crippen LogP contribution in [0.1, 0.15) is 54.4 Å². The van der Waals surface area contributed by atoms with Crippen LogP contribution in [-0.2, 0) is 4.79 Å². The van der Waals surface area contributed by atoms with Crippen molar-refractivity contribution in [2.45, 2.75) is 59.9 Å². The molecule has 1 saturated carbocycles. The third-order valence-corrected chi connectivity index (χ3v) is 5.20. The predicted octanol–water partition coefficient (Wildman–Crippen LogP) is 3.71. The second-order valence-electron chi connectivity index (χ2n) is 9.32. The Bertz CT molecular complexity index is 420. The molecule has 0 aromatic carbocycles. The topological polar surface area (TPSA) is 32.3 Å². The second-order valence-corrected chi connectivity index (χ2v) is 9.32. The number of nitrogens with one attached hydrogen (secondary N) is 1. The minimum atomic E-state index is -0.341. The summed E-state index contributed by atoms with van der Waals surface area (Å²) in [5.41, 5.74) is -0.338. The van der Waals surface area contributed by atoms with Crippen LogP contribution in [0.3, 0.4) is 0 Å². The highest BCUT2D eigenvalue weighted by atomic mass is 16.2. The Morgan fingerprint density at radius 2 is 1.82 bits per heavy atom. The van der Waals surface area contributed by atoms with Gasteiger partial charge in [-0.25, -0.2) is 0 Å². The molecule has 1 fully saturated rings. The molecular formula is C19H36N2O. The molecule has 22 heavy (non-hydrogen) atoms. The molecule has 0 saturated heterocycles. The van der Waals surface area contributed by atoms with Crippen molar-refractivity contribution >= 4 is 5.91 Å². The summed E-state index contributed by atoms with van der Waals surface area (Å²) in [6.07, 6.45) is 3.98. The van der Waals surface area contributed by atoms with Gasteiger partial charge in [-0.05, 0) is 65.0 Å². The van der Waals surface area contributed by atoms with Crippen molar-refractivity contribution in [2.24, 2.45) is 22.7 Å². The van der Waals surface area contributed by atoms with E-state index in [0.29, 0.717) is 11.8 Å². The van der Waals surface area contributed by atoms with E-state index in [1.165, 1.54) is 0 Å². The Balaban J connectivity index is 3.13. The van der Waals surface area contributed by atoms with Crippen LogP contribution >= 0.6 is 0 Å². The molecule has 1 rings (SSSR count). The van der Waals surface area contributed by atoms with Gasteiger partial charge in [0.25, 0.3) is 0 Å². The lowest BCUT2D eigenvalue weighted by molar-refractivity contribution is -0.141. The maximum atomic E-state index is 13.0. The monoisotopic (exact) mass is 308 g/mol. The number of rotatable bonds is 4. The van der Waals surface area contributed by atoms with Gasteiger partial charge in [0.1, 0.15) is 0 Å². The SMILES string of the molecule is C=CC1CC(C)(C(=O)NC(C)(C)C)C(CN(C)C)CC1(C)C. The van der Waals surface area contributed by atoms with E-state index in [2.05, 4.69) is 57.7 Å². The molecule has 3 unspecified atom stereocenters. The Morgan fingerprint density at radius 1 is 1.27 bits per heavy atom. The maximum Gasteiger partial charge on any atom is 0.226 e. The van der Waals surface area contributed by atoms with E-state index in [-0.39, 0.29) is 22.3 Å². The molecule has 0 aliphatic heterocycles. The molecule has 0 heterocycles. The van der Waals surface area contributed by atoms with Gasteiger partial charge in [0.2, 0.25) is 5.91 Å². The summed E-state index contributed by atoms with van der Waals surface area (Å²) < 4.78 is 0. The largest absolute Gasteiger partial charge is 0.351 e. The van der Waals surface area contributed by atoms with Crippen LogP contribution in [0, 0.1) is 22.7 Å². The van der Waals surface area contributed by atoms with Crippen LogP contribution in [0.4, 0.5) is 0 Å². The number of carbonyl (C=O) groups excluding carboxylic acids is 1. The predicted molar refractivity (Wildman–Crippen MR) is 94.7 cm³/mol. The van der Waals surface area contributed by atoms with E-state index >= 15 is 0 Å². The highest BCUT2D eigenvalue weighted by molar-refractivity contribution is 5.83. The molecule has 1 aliphatic rings. The Kier molecular flexibility index (Phi) is 5.55. The molecule has 0 bridgehead atoms. The van der Waals surface area contributed by atoms with Gasteiger partial charge in [0.15, 0.2) is 0 Å². The van der Waals surface area contributed by atoms with Gasteiger partial charge < -0.3 is 10.2 Å². The third kappa shape index (κ3) is 4.34. The lowest BCUT2D eigenvalue weighted by Gasteiger charge is -2.51. The van der Waals surface area contributed by atoms with Crippen LogP contribution in [0.25, 0.3) is 0 Å². The van der Waals surface area contributed by atoms with Crippen molar-refractivity contribution in [2.75, 3.05) is 20.6 Å². The van der Waals surface area contributed by atoms with Crippen LogP contribution in [-0.4, -0.2) is 37.0 Å². The molecule has 0 spiro atoms. The fourth-order valence-corrected chi connectivity index (χ4v) is 3.78. The minimum Gasteiger partial charge on any atom is -0.351 e. The van der Waals surface area contributed by atoms with Crippen molar-refractivity contribution in [1.82, 2.24) is 10.2 Å². The van der Waals surface area contributed by atoms with E-state index in [0.717, 1.165) is 19.4 Å². The number of hydrogen-bond donors (Lipinski definition) is 1. The average molecular weight is 309 g/mol. The third-order valence-electron chi connectivity index (χ3n) is 5.20. The zero-order chi connectivity index (χ0) is 17.3. The smallest absolute Gasteiger partial charge is 0.226 e. The highest BCUT2D eigenvalue weighted by Crippen LogP contribution is 2.52. The first-order valence-electron chi connectivity index (χ1n) is 8.42. The van der Waals surface area contributed by atoms with Gasteiger partial charge in [-0.15, -0.1) is 6.58 Å². The Morgan fingerprint density at radius 3 is 2.23 bits per heavy atom. The summed E-state index contributed by atoms with van der Waals surface area (Å²) in [5, 5.41) is 3.21. The van der Waals surface area contributed by atoms with Crippen LogP contribution in [0.5, 0.6) is 0 Å². The number of hydrogen-bond acceptors (Lipinski definition) is 2. The maximum absolute atomic E-state index is 13.0. The van der Waals surface area contributed by atoms with Gasteiger partial charge in [-0.3, -0.25) is 4.79 Å². The van der Waals surface area contributed by atoms with E-state index in [9.17, 15) is 4.79 Å². The fraction of sp³-hybridized carbons (Fsp3) is 0.842. The van der Waals surface area contributed by atoms with Gasteiger partial charge >= 0.3 is 0 Å². The Hall–Kier alpha value is -0.830. The molecule has 3 nitrogen and oxygen atoms in total. The van der Waals surface area contributed by atoms with Gasteiger partial charge in [-0.2, -0.15) is 0 Å². The van der Waals surface area contributed by atoms with Crippen molar-refractivity contribution in [1.29, 1.82) is 0 Å². The highest BCUT2D eigenvalue weighted by Gasteiger charge is 2.51. The number of allylic oxidation sites excluding steroid dienone is 1. The Labute approximate surface area is 137 Å². The molecular weight excluding hydrogens is 272 g/mol. The number of amides is 1. The molecule has 0 radical (unpaired) electrons. The first-order valence-corrected chi connectivity index (χ1v) is 8.42. The summed E-state index contributed by atoms with van der Waals surface area (Å²) in [6.45, 7) is 17.9. The van der Waals surface area contributed by atoms with Crippen LogP contribution in [0.15, 0.2) is 12.7 Å². The van der Waals surface area contributed by atoms with E-state index in [1.54, 1.807) is 0 Å². The molecule has 1 amide bonds. The summed E-state index contributed by atoms with van der Waals surface area (Å²) in [4.78, 5) is 15.2.